The van der Waals surface area contributed by atoms with E-state index in [1.807, 2.05) is 46.9 Å². The lowest BCUT2D eigenvalue weighted by atomic mass is 9.78. The highest BCUT2D eigenvalue weighted by Crippen LogP contribution is 2.53. The molecule has 13 aromatic rings. The van der Waals surface area contributed by atoms with E-state index in [0.29, 0.717) is 11.1 Å². The summed E-state index contributed by atoms with van der Waals surface area (Å²) in [6.07, 6.45) is 5.24. The van der Waals surface area contributed by atoms with Gasteiger partial charge in [0.15, 0.2) is 0 Å². The monoisotopic (exact) mass is 890 g/mol. The van der Waals surface area contributed by atoms with Gasteiger partial charge >= 0.3 is 0 Å². The predicted octanol–water partition coefficient (Wildman–Crippen LogP) is 18.3. The van der Waals surface area contributed by atoms with E-state index in [0.717, 1.165) is 93.0 Å². The van der Waals surface area contributed by atoms with Gasteiger partial charge in [-0.05, 0) is 73.4 Å². The van der Waals surface area contributed by atoms with Gasteiger partial charge in [0.1, 0.15) is 11.6 Å². The van der Waals surface area contributed by atoms with Crippen LogP contribution in [0, 0.1) is 11.6 Å². The number of benzene rings is 9. The van der Waals surface area contributed by atoms with Crippen LogP contribution in [0.4, 0.5) is 8.78 Å². The maximum Gasteiger partial charge on any atom is 0.131 e. The second-order valence-electron chi connectivity index (χ2n) is 18.0. The van der Waals surface area contributed by atoms with Crippen molar-refractivity contribution >= 4 is 107 Å². The Hall–Kier alpha value is -7.12. The SMILES string of the molecule is Fc1ccccc1-c1cc(-c2ccccc2F)c(-n2c3ccccc3c3c4sc5ccccc5c4ccc32)c(C2CCCCC2)c1-n1c2ccccc2c2c3sc4ccccc4c3ccc21. The molecule has 4 heterocycles. The predicted molar refractivity (Wildman–Crippen MR) is 278 cm³/mol. The Bertz CT molecular complexity index is 3880. The molecule has 9 aromatic carbocycles. The van der Waals surface area contributed by atoms with Crippen LogP contribution in [0.3, 0.4) is 0 Å². The first-order valence-corrected chi connectivity index (χ1v) is 24.6. The van der Waals surface area contributed by atoms with Crippen molar-refractivity contribution in [3.8, 4) is 33.6 Å². The van der Waals surface area contributed by atoms with Crippen molar-refractivity contribution < 1.29 is 8.78 Å². The van der Waals surface area contributed by atoms with Crippen molar-refractivity contribution in [1.82, 2.24) is 9.13 Å². The van der Waals surface area contributed by atoms with Gasteiger partial charge in [0, 0.05) is 89.7 Å². The van der Waals surface area contributed by atoms with Gasteiger partial charge in [-0.25, -0.2) is 8.78 Å². The molecule has 14 rings (SSSR count). The second-order valence-corrected chi connectivity index (χ2v) is 20.1. The van der Waals surface area contributed by atoms with E-state index in [9.17, 15) is 0 Å². The molecule has 0 bridgehead atoms. The third kappa shape index (κ3) is 5.43. The van der Waals surface area contributed by atoms with Gasteiger partial charge in [-0.3, -0.25) is 0 Å². The fourth-order valence-electron chi connectivity index (χ4n) is 11.7. The first-order valence-electron chi connectivity index (χ1n) is 23.0. The number of thiophene rings is 2. The van der Waals surface area contributed by atoms with Gasteiger partial charge in [-0.15, -0.1) is 22.7 Å². The van der Waals surface area contributed by atoms with E-state index in [-0.39, 0.29) is 17.6 Å². The Labute approximate surface area is 387 Å². The van der Waals surface area contributed by atoms with Crippen molar-refractivity contribution in [2.45, 2.75) is 38.0 Å². The number of para-hydroxylation sites is 2. The molecule has 0 unspecified atom stereocenters. The highest BCUT2D eigenvalue weighted by Gasteiger charge is 2.33. The zero-order valence-corrected chi connectivity index (χ0v) is 37.5. The van der Waals surface area contributed by atoms with Gasteiger partial charge in [0.25, 0.3) is 0 Å². The Kier molecular flexibility index (Phi) is 8.50. The van der Waals surface area contributed by atoms with Gasteiger partial charge in [-0.2, -0.15) is 0 Å². The molecule has 0 atom stereocenters. The van der Waals surface area contributed by atoms with Crippen LogP contribution in [0.25, 0.3) is 118 Å². The number of aromatic nitrogens is 2. The standard InChI is InChI=1S/C60H40F2N2S2/c61-46-24-10-4-18-36(46)44-34-45(37-19-5-11-25-47(37)62)58(64-49-27-13-7-23-43(49)56-51(64)33-31-41-39-21-9-15-29-53(39)66-60(41)56)54(35-16-2-1-3-17-35)57(44)63-48-26-12-6-22-42(48)55-50(63)32-30-40-38-20-8-14-28-52(38)65-59(40)55/h4-15,18-35H,1-3,16-17H2. The quantitative estimate of drug-likeness (QED) is 0.163. The largest absolute Gasteiger partial charge is 0.308 e. The summed E-state index contributed by atoms with van der Waals surface area (Å²) in [5, 5.41) is 9.68. The zero-order chi connectivity index (χ0) is 43.6. The molecule has 1 saturated carbocycles. The molecule has 0 amide bonds. The number of hydrogen-bond acceptors (Lipinski definition) is 2. The number of hydrogen-bond donors (Lipinski definition) is 0. The van der Waals surface area contributed by atoms with Crippen molar-refractivity contribution in [3.05, 3.63) is 193 Å². The minimum atomic E-state index is -0.308. The lowest BCUT2D eigenvalue weighted by Gasteiger charge is -2.32. The zero-order valence-electron chi connectivity index (χ0n) is 35.8. The lowest BCUT2D eigenvalue weighted by Crippen LogP contribution is -2.16. The van der Waals surface area contributed by atoms with Crippen LogP contribution in [-0.2, 0) is 0 Å². The van der Waals surface area contributed by atoms with Crippen LogP contribution in [0.2, 0.25) is 0 Å². The van der Waals surface area contributed by atoms with Crippen molar-refractivity contribution in [2.24, 2.45) is 0 Å². The van der Waals surface area contributed by atoms with Crippen LogP contribution in [0.1, 0.15) is 43.6 Å². The normalized spacial score (nSPS) is 13.8. The molecule has 2 nitrogen and oxygen atoms in total. The van der Waals surface area contributed by atoms with E-state index >= 15 is 8.78 Å². The molecule has 1 aliphatic carbocycles. The molecule has 0 spiro atoms. The maximum absolute atomic E-state index is 17.0. The maximum atomic E-state index is 17.0. The summed E-state index contributed by atoms with van der Waals surface area (Å²) in [4.78, 5) is 0. The Morgan fingerprint density at radius 3 is 1.29 bits per heavy atom. The lowest BCUT2D eigenvalue weighted by molar-refractivity contribution is 0.442. The topological polar surface area (TPSA) is 9.86 Å². The molecule has 4 aromatic heterocycles. The van der Waals surface area contributed by atoms with Crippen LogP contribution in [-0.4, -0.2) is 9.13 Å². The highest BCUT2D eigenvalue weighted by molar-refractivity contribution is 7.27. The summed E-state index contributed by atoms with van der Waals surface area (Å²) >= 11 is 3.68. The highest BCUT2D eigenvalue weighted by atomic mass is 32.1. The summed E-state index contributed by atoms with van der Waals surface area (Å²) in [7, 11) is 0. The minimum absolute atomic E-state index is 0.0922. The average molecular weight is 891 g/mol. The molecule has 66 heavy (non-hydrogen) atoms. The van der Waals surface area contributed by atoms with Crippen LogP contribution < -0.4 is 0 Å². The third-order valence-electron chi connectivity index (χ3n) is 14.5. The van der Waals surface area contributed by atoms with Gasteiger partial charge < -0.3 is 9.13 Å². The Balaban J connectivity index is 1.24. The van der Waals surface area contributed by atoms with Crippen molar-refractivity contribution in [3.63, 3.8) is 0 Å². The van der Waals surface area contributed by atoms with E-state index in [1.54, 1.807) is 24.3 Å². The first-order chi connectivity index (χ1) is 32.6. The number of nitrogens with zero attached hydrogens (tertiary/aromatic N) is 2. The summed E-state index contributed by atoms with van der Waals surface area (Å²) in [5.74, 6) is -0.524. The Morgan fingerprint density at radius 1 is 0.379 bits per heavy atom. The molecule has 0 saturated heterocycles. The molecular formula is C60H40F2N2S2. The second kappa shape index (κ2) is 14.7. The average Bonchev–Trinajstić information content (AvgIpc) is 4.12. The van der Waals surface area contributed by atoms with Gasteiger partial charge in [0.2, 0.25) is 0 Å². The smallest absolute Gasteiger partial charge is 0.131 e. The van der Waals surface area contributed by atoms with Crippen molar-refractivity contribution in [2.75, 3.05) is 0 Å². The van der Waals surface area contributed by atoms with Crippen LogP contribution >= 0.6 is 22.7 Å². The summed E-state index contributed by atoms with van der Waals surface area (Å²) in [6, 6.07) is 60.4. The summed E-state index contributed by atoms with van der Waals surface area (Å²) < 4.78 is 43.9. The third-order valence-corrected chi connectivity index (χ3v) is 16.9. The van der Waals surface area contributed by atoms with Crippen LogP contribution in [0.5, 0.6) is 0 Å². The van der Waals surface area contributed by atoms with E-state index in [4.69, 9.17) is 0 Å². The van der Waals surface area contributed by atoms with E-state index in [2.05, 4.69) is 137 Å². The molecule has 1 fully saturated rings. The number of halogens is 2. The molecule has 0 aliphatic heterocycles. The Morgan fingerprint density at radius 2 is 0.803 bits per heavy atom. The van der Waals surface area contributed by atoms with Gasteiger partial charge in [-0.1, -0.05) is 141 Å². The fraction of sp³-hybridized carbons (Fsp3) is 0.100. The first kappa shape index (κ1) is 38.2. The summed E-state index contributed by atoms with van der Waals surface area (Å²) in [6.45, 7) is 0. The molecule has 1 aliphatic rings. The number of fused-ring (bicyclic) bond motifs is 14. The fourth-order valence-corrected chi connectivity index (χ4v) is 14.2. The van der Waals surface area contributed by atoms with Crippen molar-refractivity contribution in [1.29, 1.82) is 0 Å². The molecule has 0 N–H and O–H groups in total. The van der Waals surface area contributed by atoms with E-state index in [1.165, 1.54) is 51.1 Å². The molecule has 6 heteroatoms. The van der Waals surface area contributed by atoms with E-state index < -0.39 is 0 Å². The number of rotatable bonds is 5. The molecule has 0 radical (unpaired) electrons. The molecule has 316 valence electrons. The summed E-state index contributed by atoms with van der Waals surface area (Å²) in [5.41, 5.74) is 9.82. The van der Waals surface area contributed by atoms with Gasteiger partial charge in [0.05, 0.1) is 33.4 Å². The molecular weight excluding hydrogens is 851 g/mol. The van der Waals surface area contributed by atoms with Crippen LogP contribution in [0.15, 0.2) is 176 Å². The minimum Gasteiger partial charge on any atom is -0.308 e.